The molecule has 0 aliphatic rings. The third-order valence-corrected chi connectivity index (χ3v) is 3.41. The Bertz CT molecular complexity index is 620. The van der Waals surface area contributed by atoms with E-state index in [-0.39, 0.29) is 18.4 Å². The largest absolute Gasteiger partial charge is 0.466 e. The maximum absolute atomic E-state index is 11.1. The lowest BCUT2D eigenvalue weighted by atomic mass is 10.1. The van der Waals surface area contributed by atoms with Gasteiger partial charge in [0.25, 0.3) is 0 Å². The topological polar surface area (TPSA) is 87.3 Å². The molecule has 0 fully saturated rings. The van der Waals surface area contributed by atoms with Gasteiger partial charge in [-0.05, 0) is 22.6 Å². The summed E-state index contributed by atoms with van der Waals surface area (Å²) in [5.74, 6) is -0.134. The van der Waals surface area contributed by atoms with Gasteiger partial charge >= 0.3 is 5.97 Å². The number of hydrogen-bond donors (Lipinski definition) is 1. The number of aromatic nitrogens is 2. The number of halogens is 1. The molecule has 0 spiro atoms. The molecule has 0 bridgehead atoms. The van der Waals surface area contributed by atoms with Crippen molar-refractivity contribution in [3.8, 4) is 17.1 Å². The minimum absolute atomic E-state index is 0.0872. The Morgan fingerprint density at radius 3 is 2.65 bits per heavy atom. The summed E-state index contributed by atoms with van der Waals surface area (Å²) in [6.45, 7) is -0.225. The van der Waals surface area contributed by atoms with E-state index in [9.17, 15) is 4.79 Å². The van der Waals surface area contributed by atoms with Gasteiger partial charge in [-0.25, -0.2) is 9.78 Å². The molecule has 0 amide bonds. The van der Waals surface area contributed by atoms with E-state index in [0.29, 0.717) is 9.26 Å². The van der Waals surface area contributed by atoms with Crippen molar-refractivity contribution in [1.29, 1.82) is 0 Å². The molecule has 20 heavy (non-hydrogen) atoms. The number of benzene rings is 1. The van der Waals surface area contributed by atoms with Crippen LogP contribution in [-0.2, 0) is 9.53 Å². The molecule has 6 nitrogen and oxygen atoms in total. The van der Waals surface area contributed by atoms with Gasteiger partial charge in [0.1, 0.15) is 3.57 Å². The average molecular weight is 385 g/mol. The second-order valence-electron chi connectivity index (χ2n) is 3.78. The molecule has 1 heterocycles. The van der Waals surface area contributed by atoms with Crippen LogP contribution in [0.2, 0.25) is 0 Å². The number of hydrogen-bond acceptors (Lipinski definition) is 6. The Kier molecular flexibility index (Phi) is 4.72. The van der Waals surface area contributed by atoms with Crippen LogP contribution in [0.3, 0.4) is 0 Å². The van der Waals surface area contributed by atoms with Gasteiger partial charge in [0.15, 0.2) is 6.61 Å². The van der Waals surface area contributed by atoms with E-state index in [2.05, 4.69) is 37.3 Å². The van der Waals surface area contributed by atoms with Crippen molar-refractivity contribution in [2.75, 3.05) is 19.5 Å². The first-order valence-corrected chi connectivity index (χ1v) is 6.77. The third kappa shape index (κ3) is 3.35. The van der Waals surface area contributed by atoms with Crippen LogP contribution in [0, 0.1) is 3.57 Å². The van der Waals surface area contributed by atoms with Crippen LogP contribution in [0.5, 0.6) is 5.88 Å². The second-order valence-corrected chi connectivity index (χ2v) is 4.86. The summed E-state index contributed by atoms with van der Waals surface area (Å²) in [5, 5.41) is 0. The van der Waals surface area contributed by atoms with Crippen LogP contribution in [0.4, 0.5) is 5.95 Å². The molecule has 0 aliphatic carbocycles. The van der Waals surface area contributed by atoms with Crippen molar-refractivity contribution in [2.45, 2.75) is 0 Å². The quantitative estimate of drug-likeness (QED) is 0.639. The van der Waals surface area contributed by atoms with E-state index in [4.69, 9.17) is 10.5 Å². The van der Waals surface area contributed by atoms with E-state index in [1.165, 1.54) is 7.11 Å². The lowest BCUT2D eigenvalue weighted by Crippen LogP contribution is -2.15. The molecule has 104 valence electrons. The van der Waals surface area contributed by atoms with Crippen LogP contribution < -0.4 is 10.5 Å². The van der Waals surface area contributed by atoms with Crippen LogP contribution in [0.25, 0.3) is 11.3 Å². The van der Waals surface area contributed by atoms with Crippen molar-refractivity contribution in [3.63, 3.8) is 0 Å². The molecule has 2 N–H and O–H groups in total. The summed E-state index contributed by atoms with van der Waals surface area (Å²) in [6.07, 6.45) is 0. The number of rotatable bonds is 4. The molecule has 2 aromatic rings. The number of ether oxygens (including phenoxy) is 2. The molecule has 0 radical (unpaired) electrons. The van der Waals surface area contributed by atoms with E-state index in [1.54, 1.807) is 0 Å². The highest BCUT2D eigenvalue weighted by atomic mass is 127. The number of carbonyl (C=O) groups excluding carboxylic acids is 1. The number of carbonyl (C=O) groups is 1. The Morgan fingerprint density at radius 1 is 1.30 bits per heavy atom. The van der Waals surface area contributed by atoms with Crippen LogP contribution in [0.1, 0.15) is 0 Å². The van der Waals surface area contributed by atoms with Gasteiger partial charge in [0.05, 0.1) is 12.8 Å². The minimum atomic E-state index is -0.487. The Hall–Kier alpha value is -1.90. The van der Waals surface area contributed by atoms with Crippen molar-refractivity contribution in [2.24, 2.45) is 0 Å². The fraction of sp³-hybridized carbons (Fsp3) is 0.154. The first-order chi connectivity index (χ1) is 9.61. The van der Waals surface area contributed by atoms with E-state index >= 15 is 0 Å². The second kappa shape index (κ2) is 6.51. The molecule has 0 aliphatic heterocycles. The maximum atomic E-state index is 11.1. The van der Waals surface area contributed by atoms with Crippen LogP contribution in [0.15, 0.2) is 30.3 Å². The number of esters is 1. The molecule has 0 saturated carbocycles. The maximum Gasteiger partial charge on any atom is 0.343 e. The van der Waals surface area contributed by atoms with E-state index < -0.39 is 5.97 Å². The number of nitrogens with two attached hydrogens (primary N) is 1. The van der Waals surface area contributed by atoms with Gasteiger partial charge in [-0.3, -0.25) is 0 Å². The Labute approximate surface area is 129 Å². The minimum Gasteiger partial charge on any atom is -0.466 e. The summed E-state index contributed by atoms with van der Waals surface area (Å²) in [7, 11) is 1.29. The van der Waals surface area contributed by atoms with Crippen LogP contribution in [-0.4, -0.2) is 29.7 Å². The van der Waals surface area contributed by atoms with Gasteiger partial charge < -0.3 is 15.2 Å². The molecular weight excluding hydrogens is 373 g/mol. The fourth-order valence-corrected chi connectivity index (χ4v) is 2.22. The predicted molar refractivity (Wildman–Crippen MR) is 82.1 cm³/mol. The summed E-state index contributed by atoms with van der Waals surface area (Å²) in [4.78, 5) is 19.3. The first-order valence-electron chi connectivity index (χ1n) is 5.70. The monoisotopic (exact) mass is 385 g/mol. The van der Waals surface area contributed by atoms with Gasteiger partial charge in [-0.15, -0.1) is 0 Å². The summed E-state index contributed by atoms with van der Waals surface area (Å²) >= 11 is 2.06. The average Bonchev–Trinajstić information content (AvgIpc) is 2.48. The van der Waals surface area contributed by atoms with E-state index in [1.807, 2.05) is 30.3 Å². The van der Waals surface area contributed by atoms with Gasteiger partial charge in [-0.1, -0.05) is 30.3 Å². The molecule has 0 unspecified atom stereocenters. The Morgan fingerprint density at radius 2 is 2.00 bits per heavy atom. The van der Waals surface area contributed by atoms with Gasteiger partial charge in [-0.2, -0.15) is 4.98 Å². The van der Waals surface area contributed by atoms with Crippen molar-refractivity contribution in [3.05, 3.63) is 33.9 Å². The number of nitrogens with zero attached hydrogens (tertiary/aromatic N) is 2. The van der Waals surface area contributed by atoms with Crippen molar-refractivity contribution < 1.29 is 14.3 Å². The normalized spacial score (nSPS) is 10.1. The smallest absolute Gasteiger partial charge is 0.343 e. The number of anilines is 1. The standard InChI is InChI=1S/C13H12IN3O3/c1-19-9(18)7-20-12-10(14)11(16-13(15)17-12)8-5-3-2-4-6-8/h2-6H,7H2,1H3,(H2,15,16,17). The highest BCUT2D eigenvalue weighted by Gasteiger charge is 2.15. The van der Waals surface area contributed by atoms with Gasteiger partial charge in [0.2, 0.25) is 11.8 Å². The zero-order valence-electron chi connectivity index (χ0n) is 10.7. The molecule has 2 rings (SSSR count). The third-order valence-electron chi connectivity index (χ3n) is 2.44. The highest BCUT2D eigenvalue weighted by Crippen LogP contribution is 2.29. The Balaban J connectivity index is 2.35. The lowest BCUT2D eigenvalue weighted by molar-refractivity contribution is -0.143. The molecule has 1 aromatic heterocycles. The fourth-order valence-electron chi connectivity index (χ4n) is 1.51. The van der Waals surface area contributed by atoms with Crippen molar-refractivity contribution in [1.82, 2.24) is 9.97 Å². The SMILES string of the molecule is COC(=O)COc1nc(N)nc(-c2ccccc2)c1I. The predicted octanol–water partition coefficient (Wildman–Crippen LogP) is 1.88. The summed E-state index contributed by atoms with van der Waals surface area (Å²) in [5.41, 5.74) is 7.25. The number of methoxy groups -OCH3 is 1. The van der Waals surface area contributed by atoms with Crippen molar-refractivity contribution >= 4 is 34.5 Å². The zero-order valence-corrected chi connectivity index (χ0v) is 12.8. The summed E-state index contributed by atoms with van der Waals surface area (Å²) < 4.78 is 10.5. The van der Waals surface area contributed by atoms with Gasteiger partial charge in [0, 0.05) is 5.56 Å². The molecule has 0 saturated heterocycles. The molecule has 0 atom stereocenters. The first kappa shape index (κ1) is 14.5. The van der Waals surface area contributed by atoms with Crippen LogP contribution >= 0.6 is 22.6 Å². The molecular formula is C13H12IN3O3. The molecule has 1 aromatic carbocycles. The summed E-state index contributed by atoms with van der Waals surface area (Å²) in [6, 6.07) is 9.54. The highest BCUT2D eigenvalue weighted by molar-refractivity contribution is 14.1. The number of nitrogen functional groups attached to an aromatic ring is 1. The van der Waals surface area contributed by atoms with E-state index in [0.717, 1.165) is 5.56 Å². The lowest BCUT2D eigenvalue weighted by Gasteiger charge is -2.10. The zero-order chi connectivity index (χ0) is 14.5. The molecule has 7 heteroatoms.